The number of hydrogen-bond acceptors (Lipinski definition) is 2. The molecule has 22 heavy (non-hydrogen) atoms. The highest BCUT2D eigenvalue weighted by Gasteiger charge is 2.34. The van der Waals surface area contributed by atoms with Crippen LogP contribution in [0.1, 0.15) is 11.1 Å². The highest BCUT2D eigenvalue weighted by molar-refractivity contribution is 6.37. The molecule has 1 N–H and O–H groups in total. The number of carbonyl (C=O) groups is 1. The molecule has 3 nitrogen and oxygen atoms in total. The quantitative estimate of drug-likeness (QED) is 0.873. The fourth-order valence-electron chi connectivity index (χ4n) is 1.94. The van der Waals surface area contributed by atoms with Crippen molar-refractivity contribution >= 4 is 29.2 Å². The van der Waals surface area contributed by atoms with Crippen LogP contribution in [0.5, 0.6) is 0 Å². The van der Waals surface area contributed by atoms with Gasteiger partial charge in [-0.3, -0.25) is 9.78 Å². The molecular formula is C14H8Cl2F3NO2. The number of alkyl halides is 3. The lowest BCUT2D eigenvalue weighted by atomic mass is 10.0. The third-order valence-corrected chi connectivity index (χ3v) is 3.62. The van der Waals surface area contributed by atoms with Crippen molar-refractivity contribution < 1.29 is 23.1 Å². The fraction of sp³-hybridized carbons (Fsp3) is 0.143. The number of halogens is 5. The Labute approximate surface area is 133 Å². The van der Waals surface area contributed by atoms with Crippen molar-refractivity contribution in [3.8, 4) is 11.3 Å². The van der Waals surface area contributed by atoms with Crippen LogP contribution >= 0.6 is 23.2 Å². The first-order valence-electron chi connectivity index (χ1n) is 5.93. The monoisotopic (exact) mass is 349 g/mol. The summed E-state index contributed by atoms with van der Waals surface area (Å²) in [6.07, 6.45) is -4.01. The lowest BCUT2D eigenvalue weighted by Gasteiger charge is -2.15. The van der Waals surface area contributed by atoms with Gasteiger partial charge >= 0.3 is 12.1 Å². The molecule has 0 amide bonds. The van der Waals surface area contributed by atoms with Gasteiger partial charge in [0, 0.05) is 17.3 Å². The van der Waals surface area contributed by atoms with E-state index in [-0.39, 0.29) is 26.9 Å². The maximum Gasteiger partial charge on any atom is 0.417 e. The smallest absolute Gasteiger partial charge is 0.417 e. The minimum Gasteiger partial charge on any atom is -0.481 e. The van der Waals surface area contributed by atoms with E-state index in [9.17, 15) is 18.0 Å². The molecule has 1 heterocycles. The van der Waals surface area contributed by atoms with Crippen molar-refractivity contribution in [2.75, 3.05) is 0 Å². The number of hydrogen-bond donors (Lipinski definition) is 1. The molecular weight excluding hydrogens is 342 g/mol. The van der Waals surface area contributed by atoms with Gasteiger partial charge in [0.25, 0.3) is 0 Å². The first kappa shape index (κ1) is 16.6. The molecule has 116 valence electrons. The molecule has 0 saturated heterocycles. The van der Waals surface area contributed by atoms with Crippen LogP contribution in [0.15, 0.2) is 30.5 Å². The second-order valence-corrected chi connectivity index (χ2v) is 5.15. The lowest BCUT2D eigenvalue weighted by molar-refractivity contribution is -0.137. The summed E-state index contributed by atoms with van der Waals surface area (Å²) >= 11 is 11.9. The standard InChI is InChI=1S/C14H8Cl2F3NO2/c15-10-6-20-13(12(16)8(10)5-11(21)22)7-3-1-2-4-9(7)14(17,18)19/h1-4,6H,5H2,(H,21,22). The van der Waals surface area contributed by atoms with E-state index in [2.05, 4.69) is 4.98 Å². The Bertz CT molecular complexity index is 733. The maximum atomic E-state index is 13.1. The van der Waals surface area contributed by atoms with Gasteiger partial charge in [0.1, 0.15) is 0 Å². The first-order valence-corrected chi connectivity index (χ1v) is 6.68. The second kappa shape index (κ2) is 6.14. The second-order valence-electron chi connectivity index (χ2n) is 4.36. The molecule has 8 heteroatoms. The molecule has 2 rings (SSSR count). The molecule has 1 aromatic carbocycles. The van der Waals surface area contributed by atoms with Gasteiger partial charge in [-0.15, -0.1) is 0 Å². The van der Waals surface area contributed by atoms with E-state index in [1.54, 1.807) is 0 Å². The highest BCUT2D eigenvalue weighted by atomic mass is 35.5. The van der Waals surface area contributed by atoms with Gasteiger partial charge in [0.05, 0.1) is 27.7 Å². The van der Waals surface area contributed by atoms with Crippen molar-refractivity contribution in [3.63, 3.8) is 0 Å². The minimum atomic E-state index is -4.59. The Morgan fingerprint density at radius 2 is 1.86 bits per heavy atom. The molecule has 0 bridgehead atoms. The normalized spacial score (nSPS) is 11.5. The highest BCUT2D eigenvalue weighted by Crippen LogP contribution is 2.40. The Hall–Kier alpha value is -1.79. The van der Waals surface area contributed by atoms with Gasteiger partial charge < -0.3 is 5.11 Å². The molecule has 0 saturated carbocycles. The summed E-state index contributed by atoms with van der Waals surface area (Å²) in [7, 11) is 0. The van der Waals surface area contributed by atoms with E-state index in [1.165, 1.54) is 18.2 Å². The zero-order chi connectivity index (χ0) is 16.5. The van der Waals surface area contributed by atoms with Crippen molar-refractivity contribution in [3.05, 3.63) is 51.6 Å². The van der Waals surface area contributed by atoms with Crippen LogP contribution in [0, 0.1) is 0 Å². The number of aromatic nitrogens is 1. The predicted molar refractivity (Wildman–Crippen MR) is 76.0 cm³/mol. The summed E-state index contributed by atoms with van der Waals surface area (Å²) < 4.78 is 39.2. The molecule has 0 aliphatic heterocycles. The number of pyridine rings is 1. The number of benzene rings is 1. The first-order chi connectivity index (χ1) is 10.2. The van der Waals surface area contributed by atoms with Crippen LogP contribution in [-0.4, -0.2) is 16.1 Å². The van der Waals surface area contributed by atoms with E-state index in [4.69, 9.17) is 28.3 Å². The van der Waals surface area contributed by atoms with E-state index in [1.807, 2.05) is 0 Å². The van der Waals surface area contributed by atoms with Crippen LogP contribution < -0.4 is 0 Å². The molecule has 0 atom stereocenters. The Balaban J connectivity index is 2.67. The largest absolute Gasteiger partial charge is 0.481 e. The van der Waals surface area contributed by atoms with Crippen LogP contribution in [0.3, 0.4) is 0 Å². The average molecular weight is 350 g/mol. The van der Waals surface area contributed by atoms with Gasteiger partial charge in [-0.25, -0.2) is 0 Å². The SMILES string of the molecule is O=C(O)Cc1c(Cl)cnc(-c2ccccc2C(F)(F)F)c1Cl. The van der Waals surface area contributed by atoms with Crippen LogP contribution in [0.25, 0.3) is 11.3 Å². The molecule has 0 unspecified atom stereocenters. The van der Waals surface area contributed by atoms with E-state index in [0.717, 1.165) is 12.3 Å². The molecule has 0 aliphatic carbocycles. The van der Waals surface area contributed by atoms with Gasteiger partial charge in [0.2, 0.25) is 0 Å². The Morgan fingerprint density at radius 3 is 2.45 bits per heavy atom. The third kappa shape index (κ3) is 3.34. The zero-order valence-electron chi connectivity index (χ0n) is 10.8. The van der Waals surface area contributed by atoms with Crippen LogP contribution in [0.2, 0.25) is 10.0 Å². The van der Waals surface area contributed by atoms with Crippen molar-refractivity contribution in [2.24, 2.45) is 0 Å². The molecule has 1 aromatic heterocycles. The number of carboxylic acids is 1. The zero-order valence-corrected chi connectivity index (χ0v) is 12.3. The Kier molecular flexibility index (Phi) is 4.63. The summed E-state index contributed by atoms with van der Waals surface area (Å²) in [6.45, 7) is 0. The number of aliphatic carboxylic acids is 1. The van der Waals surface area contributed by atoms with Gasteiger partial charge in [-0.2, -0.15) is 13.2 Å². The topological polar surface area (TPSA) is 50.2 Å². The van der Waals surface area contributed by atoms with Gasteiger partial charge in [-0.05, 0) is 6.07 Å². The van der Waals surface area contributed by atoms with E-state index >= 15 is 0 Å². The summed E-state index contributed by atoms with van der Waals surface area (Å²) in [5.74, 6) is -1.20. The van der Waals surface area contributed by atoms with Crippen molar-refractivity contribution in [2.45, 2.75) is 12.6 Å². The minimum absolute atomic E-state index is 0.0133. The lowest BCUT2D eigenvalue weighted by Crippen LogP contribution is -2.08. The Morgan fingerprint density at radius 1 is 1.23 bits per heavy atom. The van der Waals surface area contributed by atoms with Gasteiger partial charge in [0.15, 0.2) is 0 Å². The van der Waals surface area contributed by atoms with E-state index in [0.29, 0.717) is 0 Å². The summed E-state index contributed by atoms with van der Waals surface area (Å²) in [6, 6.07) is 4.77. The van der Waals surface area contributed by atoms with Crippen LogP contribution in [-0.2, 0) is 17.4 Å². The molecule has 0 radical (unpaired) electrons. The van der Waals surface area contributed by atoms with Crippen LogP contribution in [0.4, 0.5) is 13.2 Å². The fourth-order valence-corrected chi connectivity index (χ4v) is 2.52. The molecule has 0 aliphatic rings. The van der Waals surface area contributed by atoms with E-state index < -0.39 is 24.1 Å². The molecule has 0 fully saturated rings. The van der Waals surface area contributed by atoms with Gasteiger partial charge in [-0.1, -0.05) is 41.4 Å². The molecule has 0 spiro atoms. The summed E-state index contributed by atoms with van der Waals surface area (Å²) in [5.41, 5.74) is -1.27. The maximum absolute atomic E-state index is 13.1. The summed E-state index contributed by atoms with van der Waals surface area (Å²) in [4.78, 5) is 14.7. The van der Waals surface area contributed by atoms with Crippen molar-refractivity contribution in [1.82, 2.24) is 4.98 Å². The van der Waals surface area contributed by atoms with Crippen molar-refractivity contribution in [1.29, 1.82) is 0 Å². The molecule has 2 aromatic rings. The number of nitrogens with zero attached hydrogens (tertiary/aromatic N) is 1. The third-order valence-electron chi connectivity index (χ3n) is 2.88. The number of rotatable bonds is 3. The predicted octanol–water partition coefficient (Wildman–Crippen LogP) is 4.70. The summed E-state index contributed by atoms with van der Waals surface area (Å²) in [5, 5.41) is 8.63. The average Bonchev–Trinajstić information content (AvgIpc) is 2.42. The number of carboxylic acid groups (broad SMARTS) is 1.